The molecule has 0 unspecified atom stereocenters. The Labute approximate surface area is 107 Å². The summed E-state index contributed by atoms with van der Waals surface area (Å²) in [5, 5.41) is 6.92. The van der Waals surface area contributed by atoms with Crippen LogP contribution >= 0.6 is 0 Å². The molecule has 0 aliphatic heterocycles. The summed E-state index contributed by atoms with van der Waals surface area (Å²) < 4.78 is 1.64. The summed E-state index contributed by atoms with van der Waals surface area (Å²) in [6, 6.07) is 11.5. The molecule has 18 heavy (non-hydrogen) atoms. The monoisotopic (exact) mass is 243 g/mol. The molecule has 2 aromatic rings. The van der Waals surface area contributed by atoms with Gasteiger partial charge in [-0.15, -0.1) is 0 Å². The first kappa shape index (κ1) is 12.4. The van der Waals surface area contributed by atoms with E-state index in [4.69, 9.17) is 0 Å². The molecule has 4 heteroatoms. The van der Waals surface area contributed by atoms with Crippen LogP contribution in [0, 0.1) is 0 Å². The number of nitrogens with one attached hydrogen (secondary N) is 1. The van der Waals surface area contributed by atoms with Crippen molar-refractivity contribution in [2.75, 3.05) is 5.32 Å². The van der Waals surface area contributed by atoms with Crippen LogP contribution in [0.2, 0.25) is 0 Å². The molecule has 1 amide bonds. The second-order valence-electron chi connectivity index (χ2n) is 4.79. The first-order valence-corrected chi connectivity index (χ1v) is 5.87. The molecule has 94 valence electrons. The highest BCUT2D eigenvalue weighted by molar-refractivity contribution is 5.97. The van der Waals surface area contributed by atoms with Crippen molar-refractivity contribution in [3.05, 3.63) is 48.2 Å². The van der Waals surface area contributed by atoms with Gasteiger partial charge in [-0.25, -0.2) is 0 Å². The number of hydrogen-bond acceptors (Lipinski definition) is 2. The summed E-state index contributed by atoms with van der Waals surface area (Å²) in [5.74, 6) is 0.654. The van der Waals surface area contributed by atoms with Crippen LogP contribution in [-0.2, 0) is 17.3 Å². The van der Waals surface area contributed by atoms with E-state index in [9.17, 15) is 4.79 Å². The van der Waals surface area contributed by atoms with Crippen molar-refractivity contribution in [1.82, 2.24) is 9.78 Å². The van der Waals surface area contributed by atoms with Crippen LogP contribution in [0.15, 0.2) is 42.6 Å². The molecule has 1 aromatic carbocycles. The Morgan fingerprint density at radius 3 is 2.44 bits per heavy atom. The Kier molecular flexibility index (Phi) is 3.19. The van der Waals surface area contributed by atoms with Crippen molar-refractivity contribution < 1.29 is 4.79 Å². The maximum atomic E-state index is 12.3. The van der Waals surface area contributed by atoms with E-state index in [0.29, 0.717) is 5.82 Å². The van der Waals surface area contributed by atoms with Crippen LogP contribution in [0.1, 0.15) is 19.4 Å². The Morgan fingerprint density at radius 1 is 1.22 bits per heavy atom. The molecule has 2 rings (SSSR count). The number of carbonyl (C=O) groups is 1. The van der Waals surface area contributed by atoms with Crippen molar-refractivity contribution in [2.24, 2.45) is 7.05 Å². The van der Waals surface area contributed by atoms with Crippen LogP contribution in [-0.4, -0.2) is 15.7 Å². The second kappa shape index (κ2) is 4.64. The molecule has 1 aromatic heterocycles. The van der Waals surface area contributed by atoms with Gasteiger partial charge in [-0.3, -0.25) is 9.48 Å². The third-order valence-electron chi connectivity index (χ3n) is 3.13. The minimum atomic E-state index is -0.578. The van der Waals surface area contributed by atoms with E-state index < -0.39 is 5.41 Å². The van der Waals surface area contributed by atoms with Crippen LogP contribution in [0.4, 0.5) is 5.82 Å². The van der Waals surface area contributed by atoms with Gasteiger partial charge in [0.25, 0.3) is 0 Å². The highest BCUT2D eigenvalue weighted by atomic mass is 16.2. The average molecular weight is 243 g/mol. The average Bonchev–Trinajstić information content (AvgIpc) is 2.76. The van der Waals surface area contributed by atoms with Crippen molar-refractivity contribution in [2.45, 2.75) is 19.3 Å². The number of rotatable bonds is 3. The molecule has 0 aliphatic carbocycles. The van der Waals surface area contributed by atoms with Gasteiger partial charge in [0.15, 0.2) is 0 Å². The molecule has 0 atom stereocenters. The Bertz CT molecular complexity index is 543. The van der Waals surface area contributed by atoms with Gasteiger partial charge in [0.05, 0.1) is 11.6 Å². The lowest BCUT2D eigenvalue weighted by Crippen LogP contribution is -2.35. The molecule has 0 fully saturated rings. The maximum absolute atomic E-state index is 12.3. The summed E-state index contributed by atoms with van der Waals surface area (Å²) in [4.78, 5) is 12.3. The van der Waals surface area contributed by atoms with Gasteiger partial charge in [0.1, 0.15) is 5.82 Å². The molecular formula is C14H17N3O. The third kappa shape index (κ3) is 2.27. The van der Waals surface area contributed by atoms with Gasteiger partial charge in [0.2, 0.25) is 5.91 Å². The predicted molar refractivity (Wildman–Crippen MR) is 71.3 cm³/mol. The highest BCUT2D eigenvalue weighted by Gasteiger charge is 2.29. The lowest BCUT2D eigenvalue weighted by Gasteiger charge is -2.24. The molecule has 0 saturated heterocycles. The largest absolute Gasteiger partial charge is 0.310 e. The number of benzene rings is 1. The lowest BCUT2D eigenvalue weighted by atomic mass is 9.84. The molecule has 0 saturated carbocycles. The zero-order valence-electron chi connectivity index (χ0n) is 10.8. The topological polar surface area (TPSA) is 46.9 Å². The van der Waals surface area contributed by atoms with E-state index in [1.54, 1.807) is 24.0 Å². The van der Waals surface area contributed by atoms with Gasteiger partial charge in [-0.1, -0.05) is 30.3 Å². The van der Waals surface area contributed by atoms with Gasteiger partial charge in [-0.2, -0.15) is 5.10 Å². The van der Waals surface area contributed by atoms with E-state index >= 15 is 0 Å². The van der Waals surface area contributed by atoms with Crippen LogP contribution in [0.3, 0.4) is 0 Å². The minimum absolute atomic E-state index is 0.0442. The van der Waals surface area contributed by atoms with Crippen LogP contribution < -0.4 is 5.32 Å². The molecule has 0 radical (unpaired) electrons. The van der Waals surface area contributed by atoms with E-state index in [0.717, 1.165) is 5.56 Å². The summed E-state index contributed by atoms with van der Waals surface area (Å²) >= 11 is 0. The van der Waals surface area contributed by atoms with Gasteiger partial charge in [0, 0.05) is 13.1 Å². The Hall–Kier alpha value is -2.10. The number of aryl methyl sites for hydroxylation is 1. The Morgan fingerprint density at radius 2 is 1.89 bits per heavy atom. The predicted octanol–water partition coefficient (Wildman–Crippen LogP) is 2.34. The zero-order valence-corrected chi connectivity index (χ0v) is 10.8. The van der Waals surface area contributed by atoms with Crippen molar-refractivity contribution in [3.63, 3.8) is 0 Å². The van der Waals surface area contributed by atoms with E-state index in [-0.39, 0.29) is 5.91 Å². The molecule has 0 aliphatic rings. The number of hydrogen-bond donors (Lipinski definition) is 1. The number of anilines is 1. The van der Waals surface area contributed by atoms with Crippen LogP contribution in [0.5, 0.6) is 0 Å². The van der Waals surface area contributed by atoms with E-state index in [2.05, 4.69) is 10.4 Å². The molecule has 4 nitrogen and oxygen atoms in total. The quantitative estimate of drug-likeness (QED) is 0.899. The van der Waals surface area contributed by atoms with Crippen molar-refractivity contribution >= 4 is 11.7 Å². The smallest absolute Gasteiger partial charge is 0.235 e. The molecule has 1 N–H and O–H groups in total. The molecule has 0 bridgehead atoms. The van der Waals surface area contributed by atoms with Gasteiger partial charge in [-0.05, 0) is 19.4 Å². The fourth-order valence-electron chi connectivity index (χ4n) is 1.76. The highest BCUT2D eigenvalue weighted by Crippen LogP contribution is 2.24. The lowest BCUT2D eigenvalue weighted by molar-refractivity contribution is -0.120. The van der Waals surface area contributed by atoms with Crippen molar-refractivity contribution in [3.8, 4) is 0 Å². The summed E-state index contributed by atoms with van der Waals surface area (Å²) in [6.45, 7) is 3.82. The molecular weight excluding hydrogens is 226 g/mol. The fourth-order valence-corrected chi connectivity index (χ4v) is 1.76. The summed E-state index contributed by atoms with van der Waals surface area (Å²) in [6.07, 6.45) is 1.66. The molecule has 0 spiro atoms. The standard InChI is InChI=1S/C14H17N3O/c1-14(2,11-7-5-4-6-8-11)13(18)16-12-9-10-15-17(12)3/h4-10H,1-3H3,(H,16,18). The Balaban J connectivity index is 2.21. The van der Waals surface area contributed by atoms with Gasteiger partial charge >= 0.3 is 0 Å². The number of amides is 1. The SMILES string of the molecule is Cn1nccc1NC(=O)C(C)(C)c1ccccc1. The maximum Gasteiger partial charge on any atom is 0.235 e. The fraction of sp³-hybridized carbons (Fsp3) is 0.286. The minimum Gasteiger partial charge on any atom is -0.310 e. The number of aromatic nitrogens is 2. The molecule has 1 heterocycles. The summed E-state index contributed by atoms with van der Waals surface area (Å²) in [5.41, 5.74) is 0.413. The van der Waals surface area contributed by atoms with Gasteiger partial charge < -0.3 is 5.32 Å². The van der Waals surface area contributed by atoms with Crippen LogP contribution in [0.25, 0.3) is 0 Å². The first-order valence-electron chi connectivity index (χ1n) is 5.87. The number of carbonyl (C=O) groups excluding carboxylic acids is 1. The van der Waals surface area contributed by atoms with E-state index in [1.165, 1.54) is 0 Å². The zero-order chi connectivity index (χ0) is 13.2. The number of nitrogens with zero attached hydrogens (tertiary/aromatic N) is 2. The summed E-state index contributed by atoms with van der Waals surface area (Å²) in [7, 11) is 1.80. The van der Waals surface area contributed by atoms with Crippen molar-refractivity contribution in [1.29, 1.82) is 0 Å². The normalized spacial score (nSPS) is 11.3. The second-order valence-corrected chi connectivity index (χ2v) is 4.79. The van der Waals surface area contributed by atoms with E-state index in [1.807, 2.05) is 44.2 Å². The first-order chi connectivity index (χ1) is 8.51. The third-order valence-corrected chi connectivity index (χ3v) is 3.13.